The lowest BCUT2D eigenvalue weighted by molar-refractivity contribution is 1.12. The summed E-state index contributed by atoms with van der Waals surface area (Å²) in [5.74, 6) is 0.538. The minimum atomic E-state index is 0.265. The Kier molecular flexibility index (Phi) is 1.90. The molecule has 0 bridgehead atoms. The van der Waals surface area contributed by atoms with Crippen LogP contribution in [0.4, 0.5) is 0 Å². The van der Waals surface area contributed by atoms with Crippen molar-refractivity contribution in [2.24, 2.45) is 0 Å². The van der Waals surface area contributed by atoms with Crippen LogP contribution in [-0.4, -0.2) is 19.4 Å². The Morgan fingerprint density at radius 1 is 1.11 bits per heavy atom. The number of benzene rings is 1. The zero-order valence-electron chi connectivity index (χ0n) is 8.98. The minimum Gasteiger partial charge on any atom is -0.339 e. The SMILES string of the molecule is Clc1cn2c(nc1Cl)nc1c3ccccc3[nH]c12. The molecule has 0 unspecified atom stereocenters. The van der Waals surface area contributed by atoms with Crippen LogP contribution in [0.15, 0.2) is 30.5 Å². The van der Waals surface area contributed by atoms with Crippen LogP contribution in [0.2, 0.25) is 10.2 Å². The van der Waals surface area contributed by atoms with Gasteiger partial charge in [-0.05, 0) is 6.07 Å². The number of H-pyrrole nitrogens is 1. The van der Waals surface area contributed by atoms with Crippen LogP contribution in [0.5, 0.6) is 0 Å². The van der Waals surface area contributed by atoms with Gasteiger partial charge in [-0.1, -0.05) is 41.4 Å². The van der Waals surface area contributed by atoms with E-state index in [4.69, 9.17) is 23.2 Å². The van der Waals surface area contributed by atoms with Crippen molar-refractivity contribution in [3.05, 3.63) is 40.6 Å². The number of rotatable bonds is 0. The van der Waals surface area contributed by atoms with Crippen LogP contribution >= 0.6 is 23.2 Å². The van der Waals surface area contributed by atoms with E-state index in [1.165, 1.54) is 0 Å². The third kappa shape index (κ3) is 1.22. The van der Waals surface area contributed by atoms with Crippen LogP contribution in [-0.2, 0) is 0 Å². The molecule has 4 aromatic rings. The van der Waals surface area contributed by atoms with Crippen LogP contribution < -0.4 is 0 Å². The van der Waals surface area contributed by atoms with E-state index >= 15 is 0 Å². The maximum absolute atomic E-state index is 5.99. The zero-order valence-corrected chi connectivity index (χ0v) is 10.5. The molecule has 0 aliphatic rings. The van der Waals surface area contributed by atoms with Gasteiger partial charge in [0, 0.05) is 17.1 Å². The third-order valence-electron chi connectivity index (χ3n) is 2.97. The van der Waals surface area contributed by atoms with Gasteiger partial charge in [0.15, 0.2) is 5.15 Å². The van der Waals surface area contributed by atoms with Gasteiger partial charge < -0.3 is 4.98 Å². The smallest absolute Gasteiger partial charge is 0.237 e. The summed E-state index contributed by atoms with van der Waals surface area (Å²) in [4.78, 5) is 11.9. The monoisotopic (exact) mass is 276 g/mol. The van der Waals surface area contributed by atoms with Gasteiger partial charge in [-0.2, -0.15) is 4.98 Å². The number of hydrogen-bond acceptors (Lipinski definition) is 2. The first kappa shape index (κ1) is 10.2. The number of hydrogen-bond donors (Lipinski definition) is 1. The lowest BCUT2D eigenvalue weighted by Gasteiger charge is -1.96. The summed E-state index contributed by atoms with van der Waals surface area (Å²) in [6, 6.07) is 7.98. The van der Waals surface area contributed by atoms with E-state index in [1.54, 1.807) is 6.20 Å². The summed E-state index contributed by atoms with van der Waals surface area (Å²) in [5, 5.41) is 1.73. The number of aromatic nitrogens is 4. The van der Waals surface area contributed by atoms with Gasteiger partial charge in [-0.25, -0.2) is 4.98 Å². The lowest BCUT2D eigenvalue weighted by atomic mass is 10.2. The van der Waals surface area contributed by atoms with Gasteiger partial charge in [0.25, 0.3) is 0 Å². The van der Waals surface area contributed by atoms with Crippen LogP contribution in [0.1, 0.15) is 0 Å². The van der Waals surface area contributed by atoms with Gasteiger partial charge in [-0.15, -0.1) is 0 Å². The number of halogens is 2. The average Bonchev–Trinajstić information content (AvgIpc) is 2.87. The highest BCUT2D eigenvalue weighted by Gasteiger charge is 2.13. The van der Waals surface area contributed by atoms with E-state index < -0.39 is 0 Å². The molecule has 4 nitrogen and oxygen atoms in total. The Balaban J connectivity index is 2.27. The van der Waals surface area contributed by atoms with E-state index in [2.05, 4.69) is 15.0 Å². The van der Waals surface area contributed by atoms with E-state index in [-0.39, 0.29) is 5.15 Å². The molecule has 0 radical (unpaired) electrons. The number of imidazole rings is 1. The molecule has 0 saturated carbocycles. The first-order valence-electron chi connectivity index (χ1n) is 5.34. The topological polar surface area (TPSA) is 46.0 Å². The molecule has 0 aliphatic heterocycles. The maximum atomic E-state index is 5.99. The summed E-state index contributed by atoms with van der Waals surface area (Å²) in [6.07, 6.45) is 1.72. The molecule has 0 spiro atoms. The van der Waals surface area contributed by atoms with Crippen LogP contribution in [0.25, 0.3) is 27.8 Å². The summed E-state index contributed by atoms with van der Waals surface area (Å²) >= 11 is 11.9. The fraction of sp³-hybridized carbons (Fsp3) is 0. The second-order valence-corrected chi connectivity index (χ2v) is 4.79. The predicted octanol–water partition coefficient (Wildman–Crippen LogP) is 3.67. The van der Waals surface area contributed by atoms with E-state index in [0.717, 1.165) is 22.1 Å². The number of aromatic amines is 1. The highest BCUT2D eigenvalue weighted by Crippen LogP contribution is 2.27. The molecular formula is C12H6Cl2N4. The van der Waals surface area contributed by atoms with Gasteiger partial charge in [-0.3, -0.25) is 4.40 Å². The van der Waals surface area contributed by atoms with Crippen molar-refractivity contribution in [1.82, 2.24) is 19.4 Å². The fourth-order valence-corrected chi connectivity index (χ4v) is 2.43. The van der Waals surface area contributed by atoms with Gasteiger partial charge >= 0.3 is 0 Å². The highest BCUT2D eigenvalue weighted by atomic mass is 35.5. The van der Waals surface area contributed by atoms with Gasteiger partial charge in [0.1, 0.15) is 11.2 Å². The van der Waals surface area contributed by atoms with Gasteiger partial charge in [0.2, 0.25) is 5.78 Å². The number of nitrogens with zero attached hydrogens (tertiary/aromatic N) is 3. The van der Waals surface area contributed by atoms with Gasteiger partial charge in [0.05, 0.1) is 5.02 Å². The molecule has 0 saturated heterocycles. The van der Waals surface area contributed by atoms with Crippen molar-refractivity contribution in [2.75, 3.05) is 0 Å². The number of nitrogens with one attached hydrogen (secondary N) is 1. The molecule has 1 aromatic carbocycles. The molecule has 1 N–H and O–H groups in total. The number of fused-ring (bicyclic) bond motifs is 5. The van der Waals surface area contributed by atoms with Crippen molar-refractivity contribution in [3.8, 4) is 0 Å². The van der Waals surface area contributed by atoms with Crippen molar-refractivity contribution in [1.29, 1.82) is 0 Å². The first-order valence-corrected chi connectivity index (χ1v) is 6.10. The Morgan fingerprint density at radius 3 is 2.83 bits per heavy atom. The van der Waals surface area contributed by atoms with E-state index in [1.807, 2.05) is 28.7 Å². The minimum absolute atomic E-state index is 0.265. The average molecular weight is 277 g/mol. The third-order valence-corrected chi connectivity index (χ3v) is 3.63. The molecule has 0 atom stereocenters. The lowest BCUT2D eigenvalue weighted by Crippen LogP contribution is -1.90. The Bertz CT molecular complexity index is 907. The van der Waals surface area contributed by atoms with Crippen LogP contribution in [0, 0.1) is 0 Å². The normalized spacial score (nSPS) is 11.9. The Labute approximate surface area is 111 Å². The van der Waals surface area contributed by atoms with Crippen molar-refractivity contribution >= 4 is 51.0 Å². The molecule has 18 heavy (non-hydrogen) atoms. The fourth-order valence-electron chi connectivity index (χ4n) is 2.16. The van der Waals surface area contributed by atoms with Crippen molar-refractivity contribution in [2.45, 2.75) is 0 Å². The largest absolute Gasteiger partial charge is 0.339 e. The highest BCUT2D eigenvalue weighted by molar-refractivity contribution is 6.41. The molecule has 0 amide bonds. The molecule has 3 aromatic heterocycles. The molecule has 3 heterocycles. The zero-order chi connectivity index (χ0) is 12.3. The molecule has 4 rings (SSSR count). The molecule has 6 heteroatoms. The second kappa shape index (κ2) is 3.37. The molecule has 0 fully saturated rings. The van der Waals surface area contributed by atoms with E-state index in [0.29, 0.717) is 10.8 Å². The summed E-state index contributed by atoms with van der Waals surface area (Å²) in [5.41, 5.74) is 2.78. The molecule has 88 valence electrons. The second-order valence-electron chi connectivity index (χ2n) is 4.03. The number of para-hydroxylation sites is 1. The van der Waals surface area contributed by atoms with Crippen molar-refractivity contribution in [3.63, 3.8) is 0 Å². The summed E-state index contributed by atoms with van der Waals surface area (Å²) < 4.78 is 1.81. The maximum Gasteiger partial charge on any atom is 0.237 e. The standard InChI is InChI=1S/C12H6Cl2N4/c13-7-5-18-11-9(16-12(18)17-10(7)14)6-3-1-2-4-8(6)15-11/h1-5,15H. The molecular weight excluding hydrogens is 271 g/mol. The Morgan fingerprint density at radius 2 is 1.94 bits per heavy atom. The Hall–Kier alpha value is -1.78. The van der Waals surface area contributed by atoms with Crippen molar-refractivity contribution < 1.29 is 0 Å². The van der Waals surface area contributed by atoms with E-state index in [9.17, 15) is 0 Å². The van der Waals surface area contributed by atoms with Crippen LogP contribution in [0.3, 0.4) is 0 Å². The summed E-state index contributed by atoms with van der Waals surface area (Å²) in [7, 11) is 0. The predicted molar refractivity (Wildman–Crippen MR) is 72.4 cm³/mol. The molecule has 0 aliphatic carbocycles. The first-order chi connectivity index (χ1) is 8.74. The quantitative estimate of drug-likeness (QED) is 0.498. The summed E-state index contributed by atoms with van der Waals surface area (Å²) in [6.45, 7) is 0.